The summed E-state index contributed by atoms with van der Waals surface area (Å²) in [6.07, 6.45) is 2.63. The Labute approximate surface area is 202 Å². The zero-order valence-corrected chi connectivity index (χ0v) is 18.7. The number of para-hydroxylation sites is 2. The summed E-state index contributed by atoms with van der Waals surface area (Å²) in [4.78, 5) is 7.81. The van der Waals surface area contributed by atoms with E-state index in [0.717, 1.165) is 0 Å². The van der Waals surface area contributed by atoms with Crippen molar-refractivity contribution in [3.8, 4) is 11.5 Å². The van der Waals surface area contributed by atoms with Crippen molar-refractivity contribution in [3.05, 3.63) is 59.7 Å². The Morgan fingerprint density at radius 2 is 0.818 bits per heavy atom. The van der Waals surface area contributed by atoms with Gasteiger partial charge in [0.15, 0.2) is 0 Å². The van der Waals surface area contributed by atoms with Gasteiger partial charge in [0, 0.05) is 40.6 Å². The van der Waals surface area contributed by atoms with Gasteiger partial charge in [0.25, 0.3) is 0 Å². The van der Waals surface area contributed by atoms with E-state index in [2.05, 4.69) is 9.98 Å². The number of aromatic hydroxyl groups is 2. The number of aliphatic hydroxyl groups excluding tert-OH is 6. The molecule has 0 amide bonds. The maximum absolute atomic E-state index is 9.45. The molecule has 8 N–H and O–H groups in total. The number of nitrogens with zero attached hydrogens (tertiary/aromatic N) is 2. The van der Waals surface area contributed by atoms with E-state index < -0.39 is 50.7 Å². The monoisotopic (exact) mass is 513 g/mol. The van der Waals surface area contributed by atoms with Crippen LogP contribution in [-0.4, -0.2) is 104 Å². The van der Waals surface area contributed by atoms with Gasteiger partial charge < -0.3 is 40.9 Å². The molecule has 0 aliphatic heterocycles. The molecule has 2 rings (SSSR count). The van der Waals surface area contributed by atoms with E-state index in [0.29, 0.717) is 11.1 Å². The molecule has 0 saturated carbocycles. The van der Waals surface area contributed by atoms with Gasteiger partial charge in [0.1, 0.15) is 22.6 Å². The minimum Gasteiger partial charge on any atom is -0.507 e. The fraction of sp³-hybridized carbons (Fsp3) is 0.364. The van der Waals surface area contributed by atoms with Crippen LogP contribution in [0.25, 0.3) is 0 Å². The summed E-state index contributed by atoms with van der Waals surface area (Å²) in [6.45, 7) is -2.81. The molecule has 0 aromatic heterocycles. The molecule has 0 saturated heterocycles. The van der Waals surface area contributed by atoms with Crippen molar-refractivity contribution in [1.29, 1.82) is 0 Å². The Balaban J connectivity index is 0.000000602. The molecule has 10 nitrogen and oxygen atoms in total. The Bertz CT molecular complexity index is 783. The van der Waals surface area contributed by atoms with Crippen LogP contribution in [0.1, 0.15) is 11.1 Å². The topological polar surface area (TPSA) is 187 Å². The molecule has 187 valence electrons. The molecule has 0 bridgehead atoms. The maximum Gasteiger partial charge on any atom is 0.129 e. The van der Waals surface area contributed by atoms with E-state index in [-0.39, 0.29) is 28.6 Å². The summed E-state index contributed by atoms with van der Waals surface area (Å²) in [5, 5.41) is 73.1. The third kappa shape index (κ3) is 9.20. The van der Waals surface area contributed by atoms with E-state index in [1.807, 2.05) is 0 Å². The Morgan fingerprint density at radius 1 is 0.545 bits per heavy atom. The zero-order valence-electron chi connectivity index (χ0n) is 17.8. The molecule has 0 unspecified atom stereocenters. The van der Waals surface area contributed by atoms with Crippen LogP contribution in [0.2, 0.25) is 0 Å². The van der Waals surface area contributed by atoms with Crippen LogP contribution in [0.4, 0.5) is 0 Å². The minimum absolute atomic E-state index is 0. The largest absolute Gasteiger partial charge is 0.507 e. The average molecular weight is 514 g/mol. The van der Waals surface area contributed by atoms with Gasteiger partial charge in [-0.25, -0.2) is 0 Å². The smallest absolute Gasteiger partial charge is 0.129 e. The molecular weight excluding hydrogens is 484 g/mol. The second-order valence-electron chi connectivity index (χ2n) is 7.03. The van der Waals surface area contributed by atoms with Crippen LogP contribution in [0.15, 0.2) is 58.5 Å². The standard InChI is InChI=1S/2C11H15NO4.Cu/c2*13-6-11(7-14,8-15)12-5-9-3-1-2-4-10(9)16;/h2*1-5,13-16H,6-8H2;. The number of benzene rings is 2. The van der Waals surface area contributed by atoms with Crippen molar-refractivity contribution in [2.75, 3.05) is 39.6 Å². The van der Waals surface area contributed by atoms with E-state index in [1.165, 1.54) is 24.6 Å². The third-order valence-electron chi connectivity index (χ3n) is 4.59. The van der Waals surface area contributed by atoms with Gasteiger partial charge in [-0.1, -0.05) is 24.3 Å². The molecule has 0 heterocycles. The number of hydrogen-bond acceptors (Lipinski definition) is 10. The summed E-state index contributed by atoms with van der Waals surface area (Å²) < 4.78 is 0. The predicted molar refractivity (Wildman–Crippen MR) is 119 cm³/mol. The summed E-state index contributed by atoms with van der Waals surface area (Å²) in [5.41, 5.74) is -1.69. The predicted octanol–water partition coefficient (Wildman–Crippen LogP) is -0.949. The minimum atomic E-state index is -1.30. The fourth-order valence-electron chi connectivity index (χ4n) is 2.15. The van der Waals surface area contributed by atoms with Crippen LogP contribution in [0.3, 0.4) is 0 Å². The second kappa shape index (κ2) is 15.5. The summed E-state index contributed by atoms with van der Waals surface area (Å²) in [7, 11) is 0. The third-order valence-corrected chi connectivity index (χ3v) is 4.59. The van der Waals surface area contributed by atoms with Crippen LogP contribution >= 0.6 is 0 Å². The van der Waals surface area contributed by atoms with Crippen LogP contribution in [0.5, 0.6) is 11.5 Å². The molecule has 2 aromatic rings. The zero-order chi connectivity index (χ0) is 24.0. The molecule has 0 atom stereocenters. The molecule has 0 aliphatic rings. The van der Waals surface area contributed by atoms with Gasteiger partial charge in [0.2, 0.25) is 0 Å². The van der Waals surface area contributed by atoms with Gasteiger partial charge in [-0.05, 0) is 24.3 Å². The second-order valence-corrected chi connectivity index (χ2v) is 7.03. The number of aliphatic imine (C=N–C) groups is 2. The first kappa shape index (κ1) is 30.7. The van der Waals surface area contributed by atoms with Gasteiger partial charge in [-0.2, -0.15) is 0 Å². The number of phenolic OH excluding ortho intramolecular Hbond substituents is 2. The van der Waals surface area contributed by atoms with Gasteiger partial charge >= 0.3 is 0 Å². The van der Waals surface area contributed by atoms with Crippen molar-refractivity contribution in [2.45, 2.75) is 11.1 Å². The SMILES string of the molecule is OCC(CO)(CO)N=Cc1ccccc1O.OCC(CO)(CO)N=Cc1ccccc1O.[Cu]. The first-order chi connectivity index (χ1) is 15.3. The molecule has 0 spiro atoms. The van der Waals surface area contributed by atoms with Crippen molar-refractivity contribution in [1.82, 2.24) is 0 Å². The Kier molecular flexibility index (Phi) is 14.4. The average Bonchev–Trinajstić information content (AvgIpc) is 2.84. The van der Waals surface area contributed by atoms with Crippen molar-refractivity contribution in [3.63, 3.8) is 0 Å². The molecule has 0 aliphatic carbocycles. The van der Waals surface area contributed by atoms with E-state index in [4.69, 9.17) is 30.6 Å². The van der Waals surface area contributed by atoms with Crippen LogP contribution in [-0.2, 0) is 17.1 Å². The Hall–Kier alpha value is -2.34. The molecular formula is C22H30CuN2O8. The Morgan fingerprint density at radius 3 is 1.06 bits per heavy atom. The van der Waals surface area contributed by atoms with Crippen molar-refractivity contribution < 1.29 is 57.9 Å². The number of phenols is 2. The van der Waals surface area contributed by atoms with Gasteiger partial charge in [0.05, 0.1) is 39.6 Å². The molecule has 1 radical (unpaired) electrons. The van der Waals surface area contributed by atoms with Gasteiger partial charge in [-0.15, -0.1) is 0 Å². The maximum atomic E-state index is 9.45. The molecule has 2 aromatic carbocycles. The first-order valence-electron chi connectivity index (χ1n) is 9.66. The van der Waals surface area contributed by atoms with Crippen LogP contribution < -0.4 is 0 Å². The van der Waals surface area contributed by atoms with Crippen LogP contribution in [0, 0.1) is 0 Å². The van der Waals surface area contributed by atoms with E-state index in [9.17, 15) is 10.2 Å². The quantitative estimate of drug-likeness (QED) is 0.147. The molecule has 11 heteroatoms. The first-order valence-corrected chi connectivity index (χ1v) is 9.66. The van der Waals surface area contributed by atoms with Crippen molar-refractivity contribution in [2.24, 2.45) is 9.98 Å². The number of hydrogen-bond donors (Lipinski definition) is 8. The summed E-state index contributed by atoms with van der Waals surface area (Å²) in [6, 6.07) is 13.1. The van der Waals surface area contributed by atoms with Crippen molar-refractivity contribution >= 4 is 12.4 Å². The van der Waals surface area contributed by atoms with Gasteiger partial charge in [-0.3, -0.25) is 9.98 Å². The fourth-order valence-corrected chi connectivity index (χ4v) is 2.15. The molecule has 0 fully saturated rings. The number of aliphatic hydroxyl groups is 6. The molecule has 33 heavy (non-hydrogen) atoms. The van der Waals surface area contributed by atoms with E-state index >= 15 is 0 Å². The van der Waals surface area contributed by atoms with E-state index in [1.54, 1.807) is 36.4 Å². The number of rotatable bonds is 10. The summed E-state index contributed by atoms with van der Waals surface area (Å²) in [5.74, 6) is 0.0999. The normalized spacial score (nSPS) is 11.8. The summed E-state index contributed by atoms with van der Waals surface area (Å²) >= 11 is 0.